The highest BCUT2D eigenvalue weighted by Crippen LogP contribution is 2.35. The second kappa shape index (κ2) is 5.48. The normalized spacial score (nSPS) is 18.6. The van der Waals surface area contributed by atoms with Crippen LogP contribution in [-0.4, -0.2) is 29.8 Å². The molecule has 1 aromatic rings. The number of fused-ring (bicyclic) bond motifs is 1. The van der Waals surface area contributed by atoms with Gasteiger partial charge in [0, 0.05) is 18.4 Å². The van der Waals surface area contributed by atoms with Crippen molar-refractivity contribution in [2.75, 3.05) is 6.61 Å². The fourth-order valence-electron chi connectivity index (χ4n) is 2.26. The second-order valence-electron chi connectivity index (χ2n) is 4.78. The molecule has 1 aliphatic heterocycles. The maximum absolute atomic E-state index is 10.9. The molecule has 0 spiro atoms. The first-order chi connectivity index (χ1) is 9.01. The molecule has 104 valence electrons. The lowest BCUT2D eigenvalue weighted by molar-refractivity contribution is -0.138. The van der Waals surface area contributed by atoms with Gasteiger partial charge in [0.1, 0.15) is 23.6 Å². The van der Waals surface area contributed by atoms with E-state index in [-0.39, 0.29) is 12.5 Å². The predicted octanol–water partition coefficient (Wildman–Crippen LogP) is 1.36. The molecule has 2 unspecified atom stereocenters. The SMILES string of the molecule is CCOc1cc2c(cc1CC(N)C(=O)O)OC(C)C2. The molecule has 0 bridgehead atoms. The Morgan fingerprint density at radius 2 is 2.37 bits per heavy atom. The molecule has 0 radical (unpaired) electrons. The fourth-order valence-corrected chi connectivity index (χ4v) is 2.26. The van der Waals surface area contributed by atoms with Crippen molar-refractivity contribution in [1.29, 1.82) is 0 Å². The van der Waals surface area contributed by atoms with Gasteiger partial charge in [-0.1, -0.05) is 0 Å². The minimum atomic E-state index is -1.02. The summed E-state index contributed by atoms with van der Waals surface area (Å²) in [5.74, 6) is 0.497. The van der Waals surface area contributed by atoms with Crippen LogP contribution in [-0.2, 0) is 17.6 Å². The largest absolute Gasteiger partial charge is 0.494 e. The van der Waals surface area contributed by atoms with Crippen LogP contribution in [0.25, 0.3) is 0 Å². The minimum absolute atomic E-state index is 0.146. The van der Waals surface area contributed by atoms with Crippen molar-refractivity contribution in [1.82, 2.24) is 0 Å². The molecule has 0 saturated carbocycles. The molecule has 0 fully saturated rings. The number of nitrogens with two attached hydrogens (primary N) is 1. The Balaban J connectivity index is 2.30. The zero-order chi connectivity index (χ0) is 14.0. The smallest absolute Gasteiger partial charge is 0.320 e. The molecule has 2 rings (SSSR count). The quantitative estimate of drug-likeness (QED) is 0.840. The third kappa shape index (κ3) is 2.98. The third-order valence-corrected chi connectivity index (χ3v) is 3.14. The summed E-state index contributed by atoms with van der Waals surface area (Å²) in [7, 11) is 0. The van der Waals surface area contributed by atoms with Crippen LogP contribution in [0.2, 0.25) is 0 Å². The molecule has 0 saturated heterocycles. The fraction of sp³-hybridized carbons (Fsp3) is 0.500. The Morgan fingerprint density at radius 3 is 3.00 bits per heavy atom. The first-order valence-electron chi connectivity index (χ1n) is 6.45. The standard InChI is InChI=1S/C14H19NO4/c1-3-18-12-6-9-4-8(2)19-13(9)7-10(12)5-11(15)14(16)17/h6-8,11H,3-5,15H2,1-2H3,(H,16,17). The number of ether oxygens (including phenoxy) is 2. The molecule has 1 heterocycles. The summed E-state index contributed by atoms with van der Waals surface area (Å²) in [5, 5.41) is 8.90. The summed E-state index contributed by atoms with van der Waals surface area (Å²) in [4.78, 5) is 10.9. The topological polar surface area (TPSA) is 81.8 Å². The minimum Gasteiger partial charge on any atom is -0.494 e. The first-order valence-corrected chi connectivity index (χ1v) is 6.45. The number of hydrogen-bond acceptors (Lipinski definition) is 4. The van der Waals surface area contributed by atoms with E-state index in [2.05, 4.69) is 0 Å². The number of aliphatic carboxylic acids is 1. The van der Waals surface area contributed by atoms with E-state index >= 15 is 0 Å². The van der Waals surface area contributed by atoms with Gasteiger partial charge in [0.2, 0.25) is 0 Å². The van der Waals surface area contributed by atoms with E-state index in [9.17, 15) is 4.79 Å². The molecule has 1 aromatic carbocycles. The van der Waals surface area contributed by atoms with Crippen molar-refractivity contribution in [3.05, 3.63) is 23.3 Å². The van der Waals surface area contributed by atoms with Crippen molar-refractivity contribution < 1.29 is 19.4 Å². The van der Waals surface area contributed by atoms with Crippen LogP contribution in [0, 0.1) is 0 Å². The summed E-state index contributed by atoms with van der Waals surface area (Å²) in [5.41, 5.74) is 7.47. The van der Waals surface area contributed by atoms with E-state index in [1.165, 1.54) is 0 Å². The molecule has 0 amide bonds. The summed E-state index contributed by atoms with van der Waals surface area (Å²) >= 11 is 0. The maximum atomic E-state index is 10.9. The summed E-state index contributed by atoms with van der Waals surface area (Å²) in [6.07, 6.45) is 1.23. The van der Waals surface area contributed by atoms with Gasteiger partial charge >= 0.3 is 5.97 Å². The monoisotopic (exact) mass is 265 g/mol. The molecule has 3 N–H and O–H groups in total. The van der Waals surface area contributed by atoms with Crippen molar-refractivity contribution in [3.63, 3.8) is 0 Å². The van der Waals surface area contributed by atoms with Gasteiger partial charge < -0.3 is 20.3 Å². The lowest BCUT2D eigenvalue weighted by atomic mass is 10.0. The maximum Gasteiger partial charge on any atom is 0.320 e. The van der Waals surface area contributed by atoms with Gasteiger partial charge in [0.05, 0.1) is 6.61 Å². The van der Waals surface area contributed by atoms with Crippen LogP contribution in [0.1, 0.15) is 25.0 Å². The van der Waals surface area contributed by atoms with E-state index in [1.807, 2.05) is 26.0 Å². The Labute approximate surface area is 112 Å². The number of hydrogen-bond donors (Lipinski definition) is 2. The van der Waals surface area contributed by atoms with Crippen molar-refractivity contribution in [2.45, 2.75) is 38.8 Å². The van der Waals surface area contributed by atoms with Gasteiger partial charge in [-0.05, 0) is 31.5 Å². The second-order valence-corrected chi connectivity index (χ2v) is 4.78. The average molecular weight is 265 g/mol. The van der Waals surface area contributed by atoms with E-state index in [0.717, 1.165) is 23.3 Å². The van der Waals surface area contributed by atoms with Gasteiger partial charge in [0.25, 0.3) is 0 Å². The van der Waals surface area contributed by atoms with E-state index in [0.29, 0.717) is 12.4 Å². The Morgan fingerprint density at radius 1 is 1.63 bits per heavy atom. The van der Waals surface area contributed by atoms with E-state index in [4.69, 9.17) is 20.3 Å². The first kappa shape index (κ1) is 13.7. The predicted molar refractivity (Wildman–Crippen MR) is 70.7 cm³/mol. The Bertz CT molecular complexity index is 487. The molecular weight excluding hydrogens is 246 g/mol. The molecule has 5 heteroatoms. The number of rotatable bonds is 5. The molecule has 5 nitrogen and oxygen atoms in total. The van der Waals surface area contributed by atoms with Crippen molar-refractivity contribution in [2.24, 2.45) is 5.73 Å². The Kier molecular flexibility index (Phi) is 3.95. The van der Waals surface area contributed by atoms with Gasteiger partial charge in [0.15, 0.2) is 0 Å². The van der Waals surface area contributed by atoms with Crippen LogP contribution < -0.4 is 15.2 Å². The summed E-state index contributed by atoms with van der Waals surface area (Å²) in [6.45, 7) is 4.43. The molecule has 2 atom stereocenters. The molecular formula is C14H19NO4. The van der Waals surface area contributed by atoms with Crippen LogP contribution in [0.3, 0.4) is 0 Å². The summed E-state index contributed by atoms with van der Waals surface area (Å²) < 4.78 is 11.3. The highest BCUT2D eigenvalue weighted by atomic mass is 16.5. The van der Waals surface area contributed by atoms with Gasteiger partial charge in [-0.2, -0.15) is 0 Å². The highest BCUT2D eigenvalue weighted by Gasteiger charge is 2.23. The molecule has 0 aromatic heterocycles. The van der Waals surface area contributed by atoms with Crippen LogP contribution in [0.15, 0.2) is 12.1 Å². The van der Waals surface area contributed by atoms with Gasteiger partial charge in [-0.25, -0.2) is 0 Å². The van der Waals surface area contributed by atoms with Gasteiger partial charge in [-0.15, -0.1) is 0 Å². The van der Waals surface area contributed by atoms with Crippen LogP contribution >= 0.6 is 0 Å². The van der Waals surface area contributed by atoms with Crippen LogP contribution in [0.5, 0.6) is 11.5 Å². The van der Waals surface area contributed by atoms with E-state index in [1.54, 1.807) is 0 Å². The molecule has 0 aliphatic carbocycles. The molecule has 1 aliphatic rings. The van der Waals surface area contributed by atoms with Crippen molar-refractivity contribution in [3.8, 4) is 11.5 Å². The van der Waals surface area contributed by atoms with Gasteiger partial charge in [-0.3, -0.25) is 4.79 Å². The average Bonchev–Trinajstić information content (AvgIpc) is 2.68. The number of carboxylic acids is 1. The number of carbonyl (C=O) groups is 1. The third-order valence-electron chi connectivity index (χ3n) is 3.14. The van der Waals surface area contributed by atoms with Crippen LogP contribution in [0.4, 0.5) is 0 Å². The lowest BCUT2D eigenvalue weighted by Gasteiger charge is -2.14. The zero-order valence-corrected chi connectivity index (χ0v) is 11.2. The Hall–Kier alpha value is -1.75. The molecule has 19 heavy (non-hydrogen) atoms. The number of benzene rings is 1. The van der Waals surface area contributed by atoms with Crippen molar-refractivity contribution >= 4 is 5.97 Å². The highest BCUT2D eigenvalue weighted by molar-refractivity contribution is 5.73. The lowest BCUT2D eigenvalue weighted by Crippen LogP contribution is -2.32. The summed E-state index contributed by atoms with van der Waals surface area (Å²) in [6, 6.07) is 2.86. The number of carboxylic acid groups (broad SMARTS) is 1. The zero-order valence-electron chi connectivity index (χ0n) is 11.2. The van der Waals surface area contributed by atoms with E-state index < -0.39 is 12.0 Å².